The monoisotopic (exact) mass is 335 g/mol. The molecule has 0 heterocycles. The third-order valence-electron chi connectivity index (χ3n) is 3.25. The summed E-state index contributed by atoms with van der Waals surface area (Å²) >= 11 is 0. The normalized spacial score (nSPS) is 9.83. The molecule has 0 aliphatic heterocycles. The minimum atomic E-state index is -0.829. The van der Waals surface area contributed by atoms with Gasteiger partial charge >= 0.3 is 11.8 Å². The Kier molecular flexibility index (Phi) is 8.32. The zero-order valence-electron chi connectivity index (χ0n) is 14.6. The van der Waals surface area contributed by atoms with Gasteiger partial charge in [-0.3, -0.25) is 9.59 Å². The molecule has 0 saturated heterocycles. The number of anilines is 1. The molecule has 24 heavy (non-hydrogen) atoms. The van der Waals surface area contributed by atoms with Crippen molar-refractivity contribution in [2.45, 2.75) is 39.5 Å². The van der Waals surface area contributed by atoms with Crippen LogP contribution in [-0.2, 0) is 9.59 Å². The van der Waals surface area contributed by atoms with E-state index >= 15 is 0 Å². The van der Waals surface area contributed by atoms with Gasteiger partial charge in [0.05, 0.1) is 19.9 Å². The van der Waals surface area contributed by atoms with Gasteiger partial charge < -0.3 is 14.8 Å². The summed E-state index contributed by atoms with van der Waals surface area (Å²) in [4.78, 5) is 23.9. The van der Waals surface area contributed by atoms with Gasteiger partial charge in [-0.25, -0.2) is 5.43 Å². The first-order valence-electron chi connectivity index (χ1n) is 7.94. The van der Waals surface area contributed by atoms with E-state index in [0.717, 1.165) is 31.4 Å². The number of carbonyl (C=O) groups excluding carboxylic acids is 2. The van der Waals surface area contributed by atoms with Gasteiger partial charge in [-0.05, 0) is 25.0 Å². The van der Waals surface area contributed by atoms with Crippen LogP contribution in [0.4, 0.5) is 5.69 Å². The molecule has 0 bridgehead atoms. The Hall–Kier alpha value is -2.57. The molecule has 0 fully saturated rings. The third kappa shape index (κ3) is 5.91. The molecule has 0 spiro atoms. The summed E-state index contributed by atoms with van der Waals surface area (Å²) in [5, 5.41) is 6.54. The van der Waals surface area contributed by atoms with E-state index in [9.17, 15) is 9.59 Å². The van der Waals surface area contributed by atoms with Crippen molar-refractivity contribution in [2.24, 2.45) is 5.10 Å². The van der Waals surface area contributed by atoms with Gasteiger partial charge in [-0.15, -0.1) is 0 Å². The van der Waals surface area contributed by atoms with E-state index in [4.69, 9.17) is 9.47 Å². The van der Waals surface area contributed by atoms with Gasteiger partial charge in [0.2, 0.25) is 0 Å². The Morgan fingerprint density at radius 1 is 1.04 bits per heavy atom. The first-order chi connectivity index (χ1) is 11.5. The fourth-order valence-corrected chi connectivity index (χ4v) is 2.09. The molecule has 1 aromatic rings. The SMILES string of the molecule is CCCC(CCC)=NNC(=O)C(=O)Nc1cc(OC)ccc1OC. The average molecular weight is 335 g/mol. The van der Waals surface area contributed by atoms with Crippen molar-refractivity contribution in [1.29, 1.82) is 0 Å². The zero-order chi connectivity index (χ0) is 17.9. The highest BCUT2D eigenvalue weighted by molar-refractivity contribution is 6.39. The topological polar surface area (TPSA) is 89.0 Å². The van der Waals surface area contributed by atoms with E-state index in [1.165, 1.54) is 14.2 Å². The van der Waals surface area contributed by atoms with Gasteiger partial charge in [-0.2, -0.15) is 5.10 Å². The zero-order valence-corrected chi connectivity index (χ0v) is 14.6. The van der Waals surface area contributed by atoms with Gasteiger partial charge in [0.25, 0.3) is 0 Å². The Labute approximate surface area is 142 Å². The maximum Gasteiger partial charge on any atom is 0.329 e. The summed E-state index contributed by atoms with van der Waals surface area (Å²) in [7, 11) is 2.99. The van der Waals surface area contributed by atoms with Crippen LogP contribution in [0.2, 0.25) is 0 Å². The van der Waals surface area contributed by atoms with Crippen LogP contribution in [-0.4, -0.2) is 31.7 Å². The molecule has 132 valence electrons. The fourth-order valence-electron chi connectivity index (χ4n) is 2.09. The number of methoxy groups -OCH3 is 2. The van der Waals surface area contributed by atoms with Crippen LogP contribution >= 0.6 is 0 Å². The lowest BCUT2D eigenvalue weighted by Gasteiger charge is -2.11. The number of ether oxygens (including phenoxy) is 2. The standard InChI is InChI=1S/C17H25N3O4/c1-5-7-12(8-6-2)19-20-17(22)16(21)18-14-11-13(23-3)9-10-15(14)24-4/h9-11H,5-8H2,1-4H3,(H,18,21)(H,20,22). The molecule has 0 atom stereocenters. The van der Waals surface area contributed by atoms with Gasteiger partial charge in [0, 0.05) is 11.8 Å². The quantitative estimate of drug-likeness (QED) is 0.434. The lowest BCUT2D eigenvalue weighted by atomic mass is 10.1. The molecule has 0 saturated carbocycles. The molecule has 2 amide bonds. The maximum atomic E-state index is 12.0. The van der Waals surface area contributed by atoms with Crippen molar-refractivity contribution in [2.75, 3.05) is 19.5 Å². The largest absolute Gasteiger partial charge is 0.497 e. The Morgan fingerprint density at radius 2 is 1.71 bits per heavy atom. The molecule has 7 heteroatoms. The van der Waals surface area contributed by atoms with Gasteiger partial charge in [-0.1, -0.05) is 26.7 Å². The molecule has 1 aromatic carbocycles. The summed E-state index contributed by atoms with van der Waals surface area (Å²) in [5.74, 6) is -0.682. The highest BCUT2D eigenvalue weighted by Crippen LogP contribution is 2.28. The molecule has 0 radical (unpaired) electrons. The Balaban J connectivity index is 2.76. The van der Waals surface area contributed by atoms with E-state index < -0.39 is 11.8 Å². The van der Waals surface area contributed by atoms with E-state index in [1.54, 1.807) is 18.2 Å². The van der Waals surface area contributed by atoms with E-state index in [0.29, 0.717) is 17.2 Å². The minimum absolute atomic E-state index is 0.350. The summed E-state index contributed by atoms with van der Waals surface area (Å²) in [5.41, 5.74) is 3.53. The number of rotatable bonds is 8. The molecule has 7 nitrogen and oxygen atoms in total. The van der Waals surface area contributed by atoms with Gasteiger partial charge in [0.15, 0.2) is 0 Å². The van der Waals surface area contributed by atoms with E-state index in [-0.39, 0.29) is 0 Å². The van der Waals surface area contributed by atoms with E-state index in [2.05, 4.69) is 15.8 Å². The van der Waals surface area contributed by atoms with E-state index in [1.807, 2.05) is 13.8 Å². The first-order valence-corrected chi connectivity index (χ1v) is 7.94. The average Bonchev–Trinajstić information content (AvgIpc) is 2.59. The predicted octanol–water partition coefficient (Wildman–Crippen LogP) is 2.71. The van der Waals surface area contributed by atoms with Crippen LogP contribution in [0, 0.1) is 0 Å². The highest BCUT2D eigenvalue weighted by atomic mass is 16.5. The molecule has 0 aliphatic rings. The Morgan fingerprint density at radius 3 is 2.25 bits per heavy atom. The summed E-state index contributed by atoms with van der Waals surface area (Å²) in [6.45, 7) is 4.07. The summed E-state index contributed by atoms with van der Waals surface area (Å²) in [6.07, 6.45) is 3.45. The van der Waals surface area contributed by atoms with Crippen LogP contribution in [0.25, 0.3) is 0 Å². The molecule has 1 rings (SSSR count). The number of hydrazone groups is 1. The predicted molar refractivity (Wildman–Crippen MR) is 93.6 cm³/mol. The number of amides is 2. The second kappa shape index (κ2) is 10.3. The second-order valence-corrected chi connectivity index (χ2v) is 5.14. The summed E-state index contributed by atoms with van der Waals surface area (Å²) < 4.78 is 10.3. The lowest BCUT2D eigenvalue weighted by Crippen LogP contribution is -2.33. The fraction of sp³-hybridized carbons (Fsp3) is 0.471. The minimum Gasteiger partial charge on any atom is -0.497 e. The van der Waals surface area contributed by atoms with Crippen LogP contribution in [0.5, 0.6) is 11.5 Å². The van der Waals surface area contributed by atoms with Crippen LogP contribution in [0.3, 0.4) is 0 Å². The van der Waals surface area contributed by atoms with Crippen molar-refractivity contribution in [3.05, 3.63) is 18.2 Å². The molecule has 0 aliphatic carbocycles. The molecule has 0 unspecified atom stereocenters. The number of hydrogen-bond acceptors (Lipinski definition) is 5. The third-order valence-corrected chi connectivity index (χ3v) is 3.25. The van der Waals surface area contributed by atoms with Crippen LogP contribution in [0.1, 0.15) is 39.5 Å². The molecule has 2 N–H and O–H groups in total. The second-order valence-electron chi connectivity index (χ2n) is 5.14. The molecular weight excluding hydrogens is 310 g/mol. The van der Waals surface area contributed by atoms with Gasteiger partial charge in [0.1, 0.15) is 11.5 Å². The van der Waals surface area contributed by atoms with Crippen molar-refractivity contribution in [3.8, 4) is 11.5 Å². The van der Waals surface area contributed by atoms with Crippen molar-refractivity contribution in [1.82, 2.24) is 5.43 Å². The number of hydrogen-bond donors (Lipinski definition) is 2. The molecular formula is C17H25N3O4. The summed E-state index contributed by atoms with van der Waals surface area (Å²) in [6, 6.07) is 4.92. The first kappa shape index (κ1) is 19.5. The van der Waals surface area contributed by atoms with Crippen molar-refractivity contribution < 1.29 is 19.1 Å². The van der Waals surface area contributed by atoms with Crippen LogP contribution < -0.4 is 20.2 Å². The maximum absolute atomic E-state index is 12.0. The number of nitrogens with zero attached hydrogens (tertiary/aromatic N) is 1. The highest BCUT2D eigenvalue weighted by Gasteiger charge is 2.16. The molecule has 0 aromatic heterocycles. The number of nitrogens with one attached hydrogen (secondary N) is 2. The smallest absolute Gasteiger partial charge is 0.329 e. The number of carbonyl (C=O) groups is 2. The van der Waals surface area contributed by atoms with Crippen molar-refractivity contribution >= 4 is 23.2 Å². The lowest BCUT2D eigenvalue weighted by molar-refractivity contribution is -0.136. The van der Waals surface area contributed by atoms with Crippen molar-refractivity contribution in [3.63, 3.8) is 0 Å². The van der Waals surface area contributed by atoms with Crippen LogP contribution in [0.15, 0.2) is 23.3 Å². The Bertz CT molecular complexity index is 591. The number of benzene rings is 1.